The predicted molar refractivity (Wildman–Crippen MR) is 78.9 cm³/mol. The van der Waals surface area contributed by atoms with Crippen molar-refractivity contribution in [3.8, 4) is 11.5 Å². The second-order valence-electron chi connectivity index (χ2n) is 4.40. The molecule has 0 bridgehead atoms. The molecular weight excluding hydrogens is 324 g/mol. The molecule has 1 aromatic heterocycles. The Hall–Kier alpha value is -1.53. The monoisotopic (exact) mass is 340 g/mol. The number of hydrogen-bond donors (Lipinski definition) is 1. The Kier molecular flexibility index (Phi) is 4.67. The van der Waals surface area contributed by atoms with E-state index in [9.17, 15) is 0 Å². The topological polar surface area (TPSA) is 70.5 Å². The number of methoxy groups -OCH3 is 1. The summed E-state index contributed by atoms with van der Waals surface area (Å²) in [6, 6.07) is 3.79. The minimum absolute atomic E-state index is 0.373. The Morgan fingerprint density at radius 2 is 2.10 bits per heavy atom. The highest BCUT2D eigenvalue weighted by atomic mass is 79.9. The van der Waals surface area contributed by atoms with Crippen LogP contribution in [0.4, 0.5) is 0 Å². The molecule has 0 aliphatic carbocycles. The van der Waals surface area contributed by atoms with Crippen LogP contribution in [0.3, 0.4) is 0 Å². The lowest BCUT2D eigenvalue weighted by molar-refractivity contribution is 0.279. The summed E-state index contributed by atoms with van der Waals surface area (Å²) >= 11 is 3.48. The molecule has 5 nitrogen and oxygen atoms in total. The highest BCUT2D eigenvalue weighted by Crippen LogP contribution is 2.37. The number of nitrogens with zero attached hydrogens (tertiary/aromatic N) is 1. The molecule has 0 aliphatic rings. The van der Waals surface area contributed by atoms with Crippen molar-refractivity contribution in [2.24, 2.45) is 5.73 Å². The summed E-state index contributed by atoms with van der Waals surface area (Å²) in [5.74, 6) is 2.05. The third-order valence-corrected chi connectivity index (χ3v) is 3.66. The van der Waals surface area contributed by atoms with Gasteiger partial charge in [0.1, 0.15) is 12.4 Å². The molecule has 2 rings (SSSR count). The Bertz CT molecular complexity index is 591. The van der Waals surface area contributed by atoms with E-state index in [-0.39, 0.29) is 0 Å². The van der Waals surface area contributed by atoms with E-state index >= 15 is 0 Å². The second kappa shape index (κ2) is 6.28. The molecule has 0 saturated heterocycles. The molecule has 0 radical (unpaired) electrons. The van der Waals surface area contributed by atoms with Crippen molar-refractivity contribution < 1.29 is 14.0 Å². The van der Waals surface area contributed by atoms with Crippen molar-refractivity contribution >= 4 is 15.9 Å². The first-order valence-electron chi connectivity index (χ1n) is 6.17. The highest BCUT2D eigenvalue weighted by Gasteiger charge is 2.14. The molecule has 0 fully saturated rings. The number of hydrogen-bond acceptors (Lipinski definition) is 5. The molecule has 0 saturated carbocycles. The highest BCUT2D eigenvalue weighted by molar-refractivity contribution is 9.10. The number of rotatable bonds is 5. The van der Waals surface area contributed by atoms with Crippen LogP contribution in [-0.4, -0.2) is 12.3 Å². The summed E-state index contributed by atoms with van der Waals surface area (Å²) in [6.45, 7) is 4.57. The Morgan fingerprint density at radius 3 is 2.65 bits per heavy atom. The van der Waals surface area contributed by atoms with E-state index in [1.807, 2.05) is 26.0 Å². The molecule has 6 heteroatoms. The van der Waals surface area contributed by atoms with E-state index in [0.29, 0.717) is 24.7 Å². The predicted octanol–water partition coefficient (Wildman–Crippen LogP) is 3.10. The van der Waals surface area contributed by atoms with Gasteiger partial charge in [-0.15, -0.1) is 0 Å². The number of ether oxygens (including phenoxy) is 2. The van der Waals surface area contributed by atoms with Crippen molar-refractivity contribution in [3.05, 3.63) is 39.2 Å². The first-order valence-corrected chi connectivity index (χ1v) is 6.97. The SMILES string of the molecule is COc1cc(CN)cc(Br)c1OCc1c(C)noc1C. The minimum Gasteiger partial charge on any atom is -0.493 e. The molecule has 2 aromatic rings. The summed E-state index contributed by atoms with van der Waals surface area (Å²) < 4.78 is 17.1. The van der Waals surface area contributed by atoms with Crippen LogP contribution >= 0.6 is 15.9 Å². The van der Waals surface area contributed by atoms with Gasteiger partial charge < -0.3 is 19.7 Å². The lowest BCUT2D eigenvalue weighted by atomic mass is 10.2. The Labute approximate surface area is 126 Å². The third kappa shape index (κ3) is 2.96. The zero-order valence-electron chi connectivity index (χ0n) is 11.7. The molecule has 20 heavy (non-hydrogen) atoms. The average Bonchev–Trinajstić information content (AvgIpc) is 2.76. The van der Waals surface area contributed by atoms with Gasteiger partial charge in [0, 0.05) is 6.54 Å². The van der Waals surface area contributed by atoms with Gasteiger partial charge in [0.15, 0.2) is 11.5 Å². The number of nitrogens with two attached hydrogens (primary N) is 1. The smallest absolute Gasteiger partial charge is 0.175 e. The van der Waals surface area contributed by atoms with E-state index in [1.54, 1.807) is 7.11 Å². The van der Waals surface area contributed by atoms with Crippen molar-refractivity contribution in [3.63, 3.8) is 0 Å². The molecule has 0 spiro atoms. The molecule has 0 amide bonds. The molecule has 0 atom stereocenters. The summed E-state index contributed by atoms with van der Waals surface area (Å²) in [5, 5.41) is 3.91. The van der Waals surface area contributed by atoms with Gasteiger partial charge in [-0.1, -0.05) is 5.16 Å². The molecule has 1 heterocycles. The molecular formula is C14H17BrN2O3. The van der Waals surface area contributed by atoms with Gasteiger partial charge in [0.05, 0.1) is 22.8 Å². The van der Waals surface area contributed by atoms with E-state index < -0.39 is 0 Å². The van der Waals surface area contributed by atoms with E-state index in [0.717, 1.165) is 27.1 Å². The zero-order chi connectivity index (χ0) is 14.7. The maximum Gasteiger partial charge on any atom is 0.175 e. The van der Waals surface area contributed by atoms with Gasteiger partial charge in [0.25, 0.3) is 0 Å². The van der Waals surface area contributed by atoms with Crippen LogP contribution < -0.4 is 15.2 Å². The number of halogens is 1. The lowest BCUT2D eigenvalue weighted by Crippen LogP contribution is -2.02. The normalized spacial score (nSPS) is 10.7. The number of aromatic nitrogens is 1. The van der Waals surface area contributed by atoms with Crippen molar-refractivity contribution in [2.45, 2.75) is 27.0 Å². The molecule has 2 N–H and O–H groups in total. The maximum atomic E-state index is 5.85. The molecule has 1 aromatic carbocycles. The van der Waals surface area contributed by atoms with Gasteiger partial charge in [-0.05, 0) is 47.5 Å². The van der Waals surface area contributed by atoms with Crippen LogP contribution in [-0.2, 0) is 13.2 Å². The van der Waals surface area contributed by atoms with Crippen molar-refractivity contribution in [1.29, 1.82) is 0 Å². The maximum absolute atomic E-state index is 5.85. The summed E-state index contributed by atoms with van der Waals surface area (Å²) in [7, 11) is 1.60. The van der Waals surface area contributed by atoms with Gasteiger partial charge in [0.2, 0.25) is 0 Å². The van der Waals surface area contributed by atoms with E-state index in [1.165, 1.54) is 0 Å². The fourth-order valence-corrected chi connectivity index (χ4v) is 2.49. The lowest BCUT2D eigenvalue weighted by Gasteiger charge is -2.14. The number of aryl methyl sites for hydroxylation is 2. The minimum atomic E-state index is 0.373. The zero-order valence-corrected chi connectivity index (χ0v) is 13.3. The van der Waals surface area contributed by atoms with Crippen LogP contribution in [0.2, 0.25) is 0 Å². The van der Waals surface area contributed by atoms with Crippen LogP contribution in [0, 0.1) is 13.8 Å². The summed E-state index contributed by atoms with van der Waals surface area (Å²) in [5.41, 5.74) is 8.39. The fourth-order valence-electron chi connectivity index (χ4n) is 1.88. The van der Waals surface area contributed by atoms with Gasteiger partial charge in [-0.2, -0.15) is 0 Å². The fraction of sp³-hybridized carbons (Fsp3) is 0.357. The molecule has 0 unspecified atom stereocenters. The van der Waals surface area contributed by atoms with E-state index in [4.69, 9.17) is 19.7 Å². The van der Waals surface area contributed by atoms with Crippen molar-refractivity contribution in [2.75, 3.05) is 7.11 Å². The summed E-state index contributed by atoms with van der Waals surface area (Å²) in [6.07, 6.45) is 0. The van der Waals surface area contributed by atoms with E-state index in [2.05, 4.69) is 21.1 Å². The quantitative estimate of drug-likeness (QED) is 0.905. The number of benzene rings is 1. The van der Waals surface area contributed by atoms with Crippen LogP contribution in [0.15, 0.2) is 21.1 Å². The average molecular weight is 341 g/mol. The van der Waals surface area contributed by atoms with Crippen LogP contribution in [0.5, 0.6) is 11.5 Å². The Balaban J connectivity index is 2.25. The molecule has 0 aliphatic heterocycles. The van der Waals surface area contributed by atoms with Gasteiger partial charge in [-0.3, -0.25) is 0 Å². The standard InChI is InChI=1S/C14H17BrN2O3/c1-8-11(9(2)20-17-8)7-19-14-12(15)4-10(6-16)5-13(14)18-3/h4-5H,6-7,16H2,1-3H3. The van der Waals surface area contributed by atoms with Crippen LogP contribution in [0.1, 0.15) is 22.6 Å². The third-order valence-electron chi connectivity index (χ3n) is 3.07. The first-order chi connectivity index (χ1) is 9.56. The second-order valence-corrected chi connectivity index (χ2v) is 5.26. The first kappa shape index (κ1) is 14.9. The summed E-state index contributed by atoms with van der Waals surface area (Å²) in [4.78, 5) is 0. The Morgan fingerprint density at radius 1 is 1.35 bits per heavy atom. The molecule has 108 valence electrons. The van der Waals surface area contributed by atoms with Crippen molar-refractivity contribution in [1.82, 2.24) is 5.16 Å². The van der Waals surface area contributed by atoms with Gasteiger partial charge >= 0.3 is 0 Å². The largest absolute Gasteiger partial charge is 0.493 e. The van der Waals surface area contributed by atoms with Crippen LogP contribution in [0.25, 0.3) is 0 Å². The van der Waals surface area contributed by atoms with Gasteiger partial charge in [-0.25, -0.2) is 0 Å².